The average Bonchev–Trinajstić information content (AvgIpc) is 2.72. The summed E-state index contributed by atoms with van der Waals surface area (Å²) in [6.45, 7) is 2.33. The fraction of sp³-hybridized carbons (Fsp3) is 0.250. The molecule has 84 valence electrons. The normalized spacial score (nSPS) is 10.7. The van der Waals surface area contributed by atoms with Crippen molar-refractivity contribution in [2.45, 2.75) is 19.9 Å². The van der Waals surface area contributed by atoms with Crippen molar-refractivity contribution in [3.63, 3.8) is 0 Å². The summed E-state index contributed by atoms with van der Waals surface area (Å²) in [5.41, 5.74) is 7.63. The molecule has 0 unspecified atom stereocenters. The van der Waals surface area contributed by atoms with Gasteiger partial charge in [0.05, 0.1) is 12.2 Å². The fourth-order valence-electron chi connectivity index (χ4n) is 1.69. The summed E-state index contributed by atoms with van der Waals surface area (Å²) >= 11 is 0. The number of aryl methyl sites for hydroxylation is 1. The van der Waals surface area contributed by atoms with Crippen LogP contribution in [0.5, 0.6) is 0 Å². The lowest BCUT2D eigenvalue weighted by atomic mass is 10.1. The maximum absolute atomic E-state index is 13.6. The average molecular weight is 219 g/mol. The lowest BCUT2D eigenvalue weighted by Gasteiger charge is -2.01. The Kier molecular flexibility index (Phi) is 3.01. The number of aromatic nitrogens is 2. The SMILES string of the molecule is CCc1[nH]c(CN)nc1-c1ccccc1F. The summed E-state index contributed by atoms with van der Waals surface area (Å²) in [5.74, 6) is 0.433. The topological polar surface area (TPSA) is 54.7 Å². The van der Waals surface area contributed by atoms with Crippen molar-refractivity contribution in [3.8, 4) is 11.3 Å². The first kappa shape index (κ1) is 10.8. The minimum absolute atomic E-state index is 0.257. The van der Waals surface area contributed by atoms with E-state index in [2.05, 4.69) is 9.97 Å². The van der Waals surface area contributed by atoms with E-state index in [0.717, 1.165) is 12.1 Å². The summed E-state index contributed by atoms with van der Waals surface area (Å²) in [4.78, 5) is 7.41. The van der Waals surface area contributed by atoms with Crippen LogP contribution in [0.2, 0.25) is 0 Å². The van der Waals surface area contributed by atoms with Crippen LogP contribution in [-0.2, 0) is 13.0 Å². The van der Waals surface area contributed by atoms with Gasteiger partial charge in [0, 0.05) is 11.3 Å². The first-order valence-electron chi connectivity index (χ1n) is 5.29. The van der Waals surface area contributed by atoms with E-state index in [1.165, 1.54) is 6.07 Å². The number of imidazole rings is 1. The molecule has 0 atom stereocenters. The molecule has 0 bridgehead atoms. The lowest BCUT2D eigenvalue weighted by Crippen LogP contribution is -1.98. The molecule has 2 aromatic rings. The van der Waals surface area contributed by atoms with E-state index in [0.29, 0.717) is 23.6 Å². The Morgan fingerprint density at radius 2 is 2.12 bits per heavy atom. The predicted octanol–water partition coefficient (Wildman–Crippen LogP) is 2.24. The van der Waals surface area contributed by atoms with Crippen molar-refractivity contribution in [1.29, 1.82) is 0 Å². The number of nitrogens with two attached hydrogens (primary N) is 1. The maximum Gasteiger partial charge on any atom is 0.132 e. The third kappa shape index (κ3) is 1.84. The molecule has 4 heteroatoms. The molecular formula is C12H14FN3. The zero-order valence-electron chi connectivity index (χ0n) is 9.13. The highest BCUT2D eigenvalue weighted by atomic mass is 19.1. The van der Waals surface area contributed by atoms with Gasteiger partial charge in [0.1, 0.15) is 11.6 Å². The Morgan fingerprint density at radius 3 is 2.75 bits per heavy atom. The molecule has 0 fully saturated rings. The number of nitrogens with one attached hydrogen (secondary N) is 1. The molecule has 0 amide bonds. The number of hydrogen-bond donors (Lipinski definition) is 2. The molecule has 3 nitrogen and oxygen atoms in total. The van der Waals surface area contributed by atoms with E-state index < -0.39 is 0 Å². The summed E-state index contributed by atoms with van der Waals surface area (Å²) in [6.07, 6.45) is 0.774. The highest BCUT2D eigenvalue weighted by molar-refractivity contribution is 5.62. The van der Waals surface area contributed by atoms with E-state index in [1.807, 2.05) is 6.92 Å². The number of nitrogens with zero attached hydrogens (tertiary/aromatic N) is 1. The van der Waals surface area contributed by atoms with Gasteiger partial charge in [0.2, 0.25) is 0 Å². The van der Waals surface area contributed by atoms with Crippen LogP contribution in [-0.4, -0.2) is 9.97 Å². The molecule has 2 rings (SSSR count). The van der Waals surface area contributed by atoms with Crippen molar-refractivity contribution in [2.24, 2.45) is 5.73 Å². The lowest BCUT2D eigenvalue weighted by molar-refractivity contribution is 0.630. The zero-order chi connectivity index (χ0) is 11.5. The Morgan fingerprint density at radius 1 is 1.38 bits per heavy atom. The number of aromatic amines is 1. The molecule has 0 radical (unpaired) electrons. The summed E-state index contributed by atoms with van der Waals surface area (Å²) < 4.78 is 13.6. The van der Waals surface area contributed by atoms with Gasteiger partial charge in [-0.05, 0) is 18.6 Å². The zero-order valence-corrected chi connectivity index (χ0v) is 9.13. The van der Waals surface area contributed by atoms with Gasteiger partial charge < -0.3 is 10.7 Å². The van der Waals surface area contributed by atoms with Crippen LogP contribution in [0.15, 0.2) is 24.3 Å². The van der Waals surface area contributed by atoms with Crippen molar-refractivity contribution >= 4 is 0 Å². The number of rotatable bonds is 3. The number of halogens is 1. The molecule has 0 aliphatic carbocycles. The van der Waals surface area contributed by atoms with Gasteiger partial charge in [-0.3, -0.25) is 0 Å². The molecule has 1 aromatic carbocycles. The van der Waals surface area contributed by atoms with Crippen LogP contribution in [0.3, 0.4) is 0 Å². The van der Waals surface area contributed by atoms with Crippen molar-refractivity contribution in [3.05, 3.63) is 41.6 Å². The highest BCUT2D eigenvalue weighted by Gasteiger charge is 2.13. The Bertz CT molecular complexity index is 491. The molecule has 1 aromatic heterocycles. The molecule has 0 saturated carbocycles. The Hall–Kier alpha value is -1.68. The van der Waals surface area contributed by atoms with Crippen LogP contribution < -0.4 is 5.73 Å². The number of benzene rings is 1. The molecular weight excluding hydrogens is 205 g/mol. The minimum Gasteiger partial charge on any atom is -0.344 e. The molecule has 0 aliphatic rings. The smallest absolute Gasteiger partial charge is 0.132 e. The van der Waals surface area contributed by atoms with Crippen LogP contribution in [0, 0.1) is 5.82 Å². The largest absolute Gasteiger partial charge is 0.344 e. The van der Waals surface area contributed by atoms with E-state index in [-0.39, 0.29) is 5.82 Å². The predicted molar refractivity (Wildman–Crippen MR) is 61.3 cm³/mol. The van der Waals surface area contributed by atoms with Crippen molar-refractivity contribution < 1.29 is 4.39 Å². The summed E-state index contributed by atoms with van der Waals surface area (Å²) in [5, 5.41) is 0. The van der Waals surface area contributed by atoms with Gasteiger partial charge in [-0.2, -0.15) is 0 Å². The molecule has 16 heavy (non-hydrogen) atoms. The maximum atomic E-state index is 13.6. The highest BCUT2D eigenvalue weighted by Crippen LogP contribution is 2.24. The van der Waals surface area contributed by atoms with Gasteiger partial charge in [0.25, 0.3) is 0 Å². The van der Waals surface area contributed by atoms with Gasteiger partial charge in [-0.25, -0.2) is 9.37 Å². The monoisotopic (exact) mass is 219 g/mol. The first-order chi connectivity index (χ1) is 7.76. The van der Waals surface area contributed by atoms with Crippen LogP contribution >= 0.6 is 0 Å². The van der Waals surface area contributed by atoms with Crippen molar-refractivity contribution in [2.75, 3.05) is 0 Å². The molecule has 0 aliphatic heterocycles. The van der Waals surface area contributed by atoms with E-state index >= 15 is 0 Å². The third-order valence-corrected chi connectivity index (χ3v) is 2.50. The molecule has 1 heterocycles. The van der Waals surface area contributed by atoms with Crippen LogP contribution in [0.4, 0.5) is 4.39 Å². The van der Waals surface area contributed by atoms with E-state index in [1.54, 1.807) is 18.2 Å². The Balaban J connectivity index is 2.54. The van der Waals surface area contributed by atoms with Gasteiger partial charge in [0.15, 0.2) is 0 Å². The quantitative estimate of drug-likeness (QED) is 0.831. The van der Waals surface area contributed by atoms with Crippen LogP contribution in [0.1, 0.15) is 18.4 Å². The van der Waals surface area contributed by atoms with Crippen LogP contribution in [0.25, 0.3) is 11.3 Å². The molecule has 0 saturated heterocycles. The van der Waals surface area contributed by atoms with Gasteiger partial charge in [-0.15, -0.1) is 0 Å². The first-order valence-corrected chi connectivity index (χ1v) is 5.29. The third-order valence-electron chi connectivity index (χ3n) is 2.50. The van der Waals surface area contributed by atoms with Gasteiger partial charge in [-0.1, -0.05) is 19.1 Å². The standard InChI is InChI=1S/C12H14FN3/c1-2-10-12(16-11(7-14)15-10)8-5-3-4-6-9(8)13/h3-6H,2,7,14H2,1H3,(H,15,16). The van der Waals surface area contributed by atoms with E-state index in [9.17, 15) is 4.39 Å². The summed E-state index contributed by atoms with van der Waals surface area (Å²) in [6, 6.07) is 6.63. The summed E-state index contributed by atoms with van der Waals surface area (Å²) in [7, 11) is 0. The molecule has 0 spiro atoms. The second-order valence-electron chi connectivity index (χ2n) is 3.55. The number of H-pyrrole nitrogens is 1. The Labute approximate surface area is 93.5 Å². The second-order valence-corrected chi connectivity index (χ2v) is 3.55. The minimum atomic E-state index is -0.257. The fourth-order valence-corrected chi connectivity index (χ4v) is 1.69. The van der Waals surface area contributed by atoms with Crippen molar-refractivity contribution in [1.82, 2.24) is 9.97 Å². The molecule has 3 N–H and O–H groups in total. The number of hydrogen-bond acceptors (Lipinski definition) is 2. The second kappa shape index (κ2) is 4.45. The van der Waals surface area contributed by atoms with E-state index in [4.69, 9.17) is 5.73 Å². The van der Waals surface area contributed by atoms with Gasteiger partial charge >= 0.3 is 0 Å².